The lowest BCUT2D eigenvalue weighted by Crippen LogP contribution is -2.14. The van der Waals surface area contributed by atoms with E-state index in [1.165, 1.54) is 6.07 Å². The average Bonchev–Trinajstić information content (AvgIpc) is 2.67. The molecular formula is C11H12F2O. The van der Waals surface area contributed by atoms with Crippen molar-refractivity contribution in [3.8, 4) is 0 Å². The molecule has 1 aromatic carbocycles. The fraction of sp³-hybridized carbons (Fsp3) is 0.455. The van der Waals surface area contributed by atoms with E-state index >= 15 is 0 Å². The zero-order valence-corrected chi connectivity index (χ0v) is 7.93. The van der Waals surface area contributed by atoms with Crippen molar-refractivity contribution in [2.45, 2.75) is 25.4 Å². The van der Waals surface area contributed by atoms with Crippen molar-refractivity contribution >= 4 is 0 Å². The molecule has 1 aromatic rings. The highest BCUT2D eigenvalue weighted by atomic mass is 19.2. The highest BCUT2D eigenvalue weighted by Crippen LogP contribution is 2.45. The maximum atomic E-state index is 12.8. The van der Waals surface area contributed by atoms with E-state index in [-0.39, 0.29) is 5.92 Å². The molecule has 2 rings (SSSR count). The molecule has 0 saturated heterocycles. The third-order valence-electron chi connectivity index (χ3n) is 2.91. The fourth-order valence-corrected chi connectivity index (χ4v) is 1.72. The van der Waals surface area contributed by atoms with Gasteiger partial charge in [0.05, 0.1) is 5.60 Å². The standard InChI is InChI=1S/C11H12F2O/c1-7-5-11(7,14)6-8-2-3-9(12)10(13)4-8/h2-4,7,14H,5-6H2,1H3. The minimum atomic E-state index is -0.848. The van der Waals surface area contributed by atoms with E-state index in [0.29, 0.717) is 12.0 Å². The Kier molecular flexibility index (Phi) is 2.07. The Morgan fingerprint density at radius 2 is 2.07 bits per heavy atom. The minimum absolute atomic E-state index is 0.260. The largest absolute Gasteiger partial charge is 0.389 e. The Morgan fingerprint density at radius 3 is 2.57 bits per heavy atom. The Hall–Kier alpha value is -0.960. The van der Waals surface area contributed by atoms with Gasteiger partial charge in [-0.1, -0.05) is 13.0 Å². The topological polar surface area (TPSA) is 20.2 Å². The van der Waals surface area contributed by atoms with E-state index < -0.39 is 17.2 Å². The molecule has 0 amide bonds. The molecule has 14 heavy (non-hydrogen) atoms. The van der Waals surface area contributed by atoms with Crippen LogP contribution in [0.25, 0.3) is 0 Å². The smallest absolute Gasteiger partial charge is 0.159 e. The number of halogens is 2. The Labute approximate surface area is 81.4 Å². The summed E-state index contributed by atoms with van der Waals surface area (Å²) in [5.74, 6) is -1.43. The van der Waals surface area contributed by atoms with Gasteiger partial charge in [-0.3, -0.25) is 0 Å². The lowest BCUT2D eigenvalue weighted by molar-refractivity contribution is 0.134. The van der Waals surface area contributed by atoms with Crippen molar-refractivity contribution < 1.29 is 13.9 Å². The van der Waals surface area contributed by atoms with Crippen LogP contribution in [-0.4, -0.2) is 10.7 Å². The van der Waals surface area contributed by atoms with Crippen molar-refractivity contribution in [2.75, 3.05) is 0 Å². The average molecular weight is 198 g/mol. The fourth-order valence-electron chi connectivity index (χ4n) is 1.72. The second-order valence-electron chi connectivity index (χ2n) is 4.13. The molecule has 0 radical (unpaired) electrons. The summed E-state index contributed by atoms with van der Waals surface area (Å²) in [5, 5.41) is 9.79. The van der Waals surface area contributed by atoms with Gasteiger partial charge in [0, 0.05) is 6.42 Å². The molecule has 1 nitrogen and oxygen atoms in total. The molecule has 0 heterocycles. The first-order valence-electron chi connectivity index (χ1n) is 4.67. The Balaban J connectivity index is 2.14. The highest BCUT2D eigenvalue weighted by molar-refractivity contribution is 5.22. The first kappa shape index (κ1) is 9.59. The number of rotatable bonds is 2. The van der Waals surface area contributed by atoms with Gasteiger partial charge in [0.25, 0.3) is 0 Å². The zero-order valence-electron chi connectivity index (χ0n) is 7.93. The molecule has 3 heteroatoms. The van der Waals surface area contributed by atoms with E-state index in [1.807, 2.05) is 6.92 Å². The monoisotopic (exact) mass is 198 g/mol. The first-order valence-corrected chi connectivity index (χ1v) is 4.67. The van der Waals surface area contributed by atoms with Crippen LogP contribution in [-0.2, 0) is 6.42 Å². The van der Waals surface area contributed by atoms with Gasteiger partial charge in [0.2, 0.25) is 0 Å². The van der Waals surface area contributed by atoms with Crippen LogP contribution in [0.15, 0.2) is 18.2 Å². The van der Waals surface area contributed by atoms with Gasteiger partial charge in [-0.25, -0.2) is 8.78 Å². The van der Waals surface area contributed by atoms with Crippen LogP contribution in [0.2, 0.25) is 0 Å². The molecule has 1 aliphatic rings. The van der Waals surface area contributed by atoms with Crippen molar-refractivity contribution in [1.29, 1.82) is 0 Å². The Morgan fingerprint density at radius 1 is 1.43 bits per heavy atom. The van der Waals surface area contributed by atoms with Gasteiger partial charge in [-0.05, 0) is 30.0 Å². The SMILES string of the molecule is CC1CC1(O)Cc1ccc(F)c(F)c1. The van der Waals surface area contributed by atoms with Crippen molar-refractivity contribution in [2.24, 2.45) is 5.92 Å². The third kappa shape index (κ3) is 1.64. The van der Waals surface area contributed by atoms with E-state index in [0.717, 1.165) is 18.6 Å². The molecular weight excluding hydrogens is 186 g/mol. The van der Waals surface area contributed by atoms with Crippen LogP contribution >= 0.6 is 0 Å². The Bertz CT molecular complexity index is 364. The van der Waals surface area contributed by atoms with Crippen molar-refractivity contribution in [1.82, 2.24) is 0 Å². The summed E-state index contributed by atoms with van der Waals surface area (Å²) in [6.07, 6.45) is 1.15. The molecule has 0 bridgehead atoms. The lowest BCUT2D eigenvalue weighted by atomic mass is 10.0. The second-order valence-corrected chi connectivity index (χ2v) is 4.13. The molecule has 1 saturated carbocycles. The van der Waals surface area contributed by atoms with Crippen LogP contribution < -0.4 is 0 Å². The number of benzene rings is 1. The summed E-state index contributed by atoms with van der Waals surface area (Å²) in [6.45, 7) is 1.94. The van der Waals surface area contributed by atoms with Gasteiger partial charge in [-0.15, -0.1) is 0 Å². The quantitative estimate of drug-likeness (QED) is 0.773. The predicted molar refractivity (Wildman–Crippen MR) is 48.8 cm³/mol. The molecule has 0 aliphatic heterocycles. The van der Waals surface area contributed by atoms with Gasteiger partial charge >= 0.3 is 0 Å². The molecule has 1 aliphatic carbocycles. The molecule has 2 unspecified atom stereocenters. The normalized spacial score (nSPS) is 30.4. The predicted octanol–water partition coefficient (Wildman–Crippen LogP) is 2.28. The number of hydrogen-bond donors (Lipinski definition) is 1. The summed E-state index contributed by atoms with van der Waals surface area (Å²) in [5.41, 5.74) is -0.0414. The van der Waals surface area contributed by atoms with Gasteiger partial charge in [0.1, 0.15) is 0 Å². The number of hydrogen-bond acceptors (Lipinski definition) is 1. The van der Waals surface area contributed by atoms with Crippen molar-refractivity contribution in [3.63, 3.8) is 0 Å². The third-order valence-corrected chi connectivity index (χ3v) is 2.91. The summed E-state index contributed by atoms with van der Waals surface area (Å²) in [6, 6.07) is 3.76. The van der Waals surface area contributed by atoms with E-state index in [1.54, 1.807) is 0 Å². The zero-order chi connectivity index (χ0) is 10.3. The van der Waals surface area contributed by atoms with Crippen molar-refractivity contribution in [3.05, 3.63) is 35.4 Å². The number of aliphatic hydroxyl groups is 1. The molecule has 76 valence electrons. The summed E-state index contributed by atoms with van der Waals surface area (Å²) >= 11 is 0. The van der Waals surface area contributed by atoms with E-state index in [2.05, 4.69) is 0 Å². The molecule has 0 aromatic heterocycles. The molecule has 2 atom stereocenters. The maximum Gasteiger partial charge on any atom is 0.159 e. The molecule has 0 spiro atoms. The van der Waals surface area contributed by atoms with E-state index in [4.69, 9.17) is 0 Å². The summed E-state index contributed by atoms with van der Waals surface area (Å²) in [7, 11) is 0. The molecule has 1 fully saturated rings. The van der Waals surface area contributed by atoms with E-state index in [9.17, 15) is 13.9 Å². The van der Waals surface area contributed by atoms with Crippen LogP contribution in [0.1, 0.15) is 18.9 Å². The first-order chi connectivity index (χ1) is 6.51. The van der Waals surface area contributed by atoms with Gasteiger partial charge < -0.3 is 5.11 Å². The van der Waals surface area contributed by atoms with Crippen LogP contribution in [0, 0.1) is 17.6 Å². The van der Waals surface area contributed by atoms with Crippen LogP contribution in [0.4, 0.5) is 8.78 Å². The maximum absolute atomic E-state index is 12.8. The highest BCUT2D eigenvalue weighted by Gasteiger charge is 2.49. The summed E-state index contributed by atoms with van der Waals surface area (Å²) < 4.78 is 25.4. The second kappa shape index (κ2) is 3.02. The van der Waals surface area contributed by atoms with Crippen LogP contribution in [0.3, 0.4) is 0 Å². The van der Waals surface area contributed by atoms with Gasteiger partial charge in [-0.2, -0.15) is 0 Å². The minimum Gasteiger partial charge on any atom is -0.389 e. The van der Waals surface area contributed by atoms with Crippen LogP contribution in [0.5, 0.6) is 0 Å². The van der Waals surface area contributed by atoms with Gasteiger partial charge in [0.15, 0.2) is 11.6 Å². The molecule has 1 N–H and O–H groups in total. The summed E-state index contributed by atoms with van der Waals surface area (Å²) in [4.78, 5) is 0. The lowest BCUT2D eigenvalue weighted by Gasteiger charge is -2.08.